The van der Waals surface area contributed by atoms with Crippen molar-refractivity contribution in [2.45, 2.75) is 56.0 Å². The standard InChI is InChI=1S/C32H12BF24.C12H10N2OS/c34-25(35,36)13-1-14(26(37,38)39)6-21(5-13)33(22-7-15(27(40,41)42)2-16(8-22)28(43,44)45,23-9-17(29(46,47)48)3-18(10-23)30(49,50)51)24-11-19(31(52,53)54)4-20(12-24)32(55,56)57;15-11(10-4-2-1-3-5-10)8-14-7-6-13-12(16)9-14/h1-12H;1-7,9H,8H2/q-1;/p+1. The Morgan fingerprint density at radius 2 is 0.658 bits per heavy atom. The Balaban J connectivity index is 0.000000520. The second kappa shape index (κ2) is 19.7. The largest absolute Gasteiger partial charge is 0.416 e. The van der Waals surface area contributed by atoms with Crippen molar-refractivity contribution in [1.82, 2.24) is 4.98 Å². The zero-order valence-electron chi connectivity index (χ0n) is 35.2. The normalized spacial score (nSPS) is 13.4. The van der Waals surface area contributed by atoms with Gasteiger partial charge in [-0.25, -0.2) is 0 Å². The van der Waals surface area contributed by atoms with Crippen LogP contribution in [0.3, 0.4) is 0 Å². The average molecular weight is 1090 g/mol. The number of aromatic nitrogens is 2. The molecule has 6 aromatic rings. The molecule has 0 amide bonds. The summed E-state index contributed by atoms with van der Waals surface area (Å²) in [6.07, 6.45) is -49.6. The number of hydrogen-bond donors (Lipinski definition) is 1. The van der Waals surface area contributed by atoms with Gasteiger partial charge in [0.2, 0.25) is 18.5 Å². The lowest BCUT2D eigenvalue weighted by Crippen LogP contribution is -2.75. The van der Waals surface area contributed by atoms with Gasteiger partial charge in [0.05, 0.1) is 50.7 Å². The van der Waals surface area contributed by atoms with E-state index < -0.39 is 195 Å². The van der Waals surface area contributed by atoms with Crippen LogP contribution < -0.4 is 26.4 Å². The topological polar surface area (TPSA) is 36.7 Å². The summed E-state index contributed by atoms with van der Waals surface area (Å²) in [4.78, 5) is 14.7. The summed E-state index contributed by atoms with van der Waals surface area (Å²) in [6, 6.07) is 0.418. The first-order valence-corrected chi connectivity index (χ1v) is 19.9. The number of carbonyl (C=O) groups excluding carboxylic acids is 1. The highest BCUT2D eigenvalue weighted by atomic mass is 32.1. The van der Waals surface area contributed by atoms with E-state index in [0.717, 1.165) is 0 Å². The fraction of sp³-hybridized carbons (Fsp3) is 0.205. The molecule has 3 nitrogen and oxygen atoms in total. The molecule has 0 spiro atoms. The van der Waals surface area contributed by atoms with Crippen molar-refractivity contribution in [1.29, 1.82) is 0 Å². The number of nitrogens with one attached hydrogen (secondary N) is 1. The van der Waals surface area contributed by atoms with Crippen molar-refractivity contribution in [2.24, 2.45) is 0 Å². The van der Waals surface area contributed by atoms with E-state index in [2.05, 4.69) is 4.98 Å². The van der Waals surface area contributed by atoms with Crippen molar-refractivity contribution in [3.8, 4) is 0 Å². The van der Waals surface area contributed by atoms with Crippen LogP contribution in [0.5, 0.6) is 0 Å². The van der Waals surface area contributed by atoms with Crippen molar-refractivity contribution >= 4 is 46.0 Å². The molecule has 1 heterocycles. The molecule has 0 aliphatic rings. The predicted molar refractivity (Wildman–Crippen MR) is 213 cm³/mol. The molecule has 73 heavy (non-hydrogen) atoms. The number of benzene rings is 5. The van der Waals surface area contributed by atoms with E-state index in [9.17, 15) is 110 Å². The summed E-state index contributed by atoms with van der Waals surface area (Å²) in [5, 5.41) is 0. The van der Waals surface area contributed by atoms with Crippen LogP contribution in [0.4, 0.5) is 105 Å². The Morgan fingerprint density at radius 3 is 0.877 bits per heavy atom. The Bertz CT molecular complexity index is 2600. The number of alkyl halides is 24. The number of ketones is 1. The monoisotopic (exact) mass is 1090 g/mol. The summed E-state index contributed by atoms with van der Waals surface area (Å²) in [6.45, 7) is 0.308. The minimum Gasteiger partial charge on any atom is -0.343 e. The maximum Gasteiger partial charge on any atom is 0.416 e. The number of hydrogen-bond acceptors (Lipinski definition) is 2. The quantitative estimate of drug-likeness (QED) is 0.0569. The van der Waals surface area contributed by atoms with E-state index in [0.29, 0.717) is 16.7 Å². The average Bonchev–Trinajstić information content (AvgIpc) is 3.24. The molecule has 0 aliphatic carbocycles. The Morgan fingerprint density at radius 1 is 0.411 bits per heavy atom. The highest BCUT2D eigenvalue weighted by Crippen LogP contribution is 2.41. The molecule has 0 unspecified atom stereocenters. The van der Waals surface area contributed by atoms with E-state index in [1.807, 2.05) is 30.3 Å². The van der Waals surface area contributed by atoms with Crippen molar-refractivity contribution in [3.05, 3.63) is 176 Å². The predicted octanol–water partition coefficient (Wildman–Crippen LogP) is 13.1. The molecule has 6 rings (SSSR count). The van der Waals surface area contributed by atoms with E-state index in [-0.39, 0.29) is 5.78 Å². The molecule has 0 saturated carbocycles. The van der Waals surface area contributed by atoms with Crippen LogP contribution in [0.25, 0.3) is 0 Å². The van der Waals surface area contributed by atoms with Gasteiger partial charge in [0, 0.05) is 5.56 Å². The molecular weight excluding hydrogens is 1070 g/mol. The SMILES string of the molecule is FC(F)(F)c1cc([B-](c2cc(C(F)(F)F)cc(C(F)(F)F)c2)(c2cc(C(F)(F)F)cc(C(F)(F)F)c2)c2cc(C(F)(F)F)cc(C(F)(F)F)c2)cc(C(F)(F)F)c1.O=C(C[n+]1cc[nH]c(=S)c1)c1ccccc1. The third-order valence-electron chi connectivity index (χ3n) is 10.6. The van der Waals surface area contributed by atoms with Crippen molar-refractivity contribution in [2.75, 3.05) is 0 Å². The maximum absolute atomic E-state index is 14.2. The molecule has 0 bridgehead atoms. The molecule has 0 saturated heterocycles. The van der Waals surface area contributed by atoms with Crippen LogP contribution in [0.15, 0.2) is 122 Å². The number of H-pyrrole nitrogens is 1. The summed E-state index contributed by atoms with van der Waals surface area (Å²) in [5.74, 6) is 0.0752. The lowest BCUT2D eigenvalue weighted by atomic mass is 9.12. The molecule has 0 atom stereocenters. The molecule has 0 fully saturated rings. The van der Waals surface area contributed by atoms with Crippen LogP contribution in [0, 0.1) is 4.64 Å². The van der Waals surface area contributed by atoms with Crippen LogP contribution in [-0.4, -0.2) is 16.9 Å². The Hall–Kier alpha value is -6.55. The number of carbonyl (C=O) groups is 1. The smallest absolute Gasteiger partial charge is 0.343 e. The minimum atomic E-state index is -6.13. The van der Waals surface area contributed by atoms with Crippen LogP contribution in [0.2, 0.25) is 0 Å². The van der Waals surface area contributed by atoms with Crippen LogP contribution >= 0.6 is 12.2 Å². The van der Waals surface area contributed by atoms with Crippen molar-refractivity contribution in [3.63, 3.8) is 0 Å². The molecule has 1 N–H and O–H groups in total. The van der Waals surface area contributed by atoms with E-state index in [4.69, 9.17) is 12.2 Å². The van der Waals surface area contributed by atoms with Crippen LogP contribution in [-0.2, 0) is 56.0 Å². The number of Topliss-reactive ketones (excluding diaryl/α,β-unsaturated/α-hetero) is 1. The number of halogens is 24. The van der Waals surface area contributed by atoms with E-state index in [1.54, 1.807) is 23.2 Å². The number of aromatic amines is 1. The zero-order valence-corrected chi connectivity index (χ0v) is 36.0. The fourth-order valence-corrected chi connectivity index (χ4v) is 7.70. The van der Waals surface area contributed by atoms with Crippen LogP contribution in [0.1, 0.15) is 54.9 Å². The van der Waals surface area contributed by atoms with Gasteiger partial charge in [0.25, 0.3) is 0 Å². The van der Waals surface area contributed by atoms with E-state index >= 15 is 0 Å². The molecule has 0 radical (unpaired) electrons. The molecule has 0 aliphatic heterocycles. The highest BCUT2D eigenvalue weighted by molar-refractivity contribution is 7.71. The fourth-order valence-electron chi connectivity index (χ4n) is 7.50. The van der Waals surface area contributed by atoms with Gasteiger partial charge < -0.3 is 4.98 Å². The summed E-state index contributed by atoms with van der Waals surface area (Å²) in [5.41, 5.74) is -29.5. The molecule has 1 aromatic heterocycles. The molecule has 5 aromatic carbocycles. The van der Waals surface area contributed by atoms with Gasteiger partial charge >= 0.3 is 49.4 Å². The third-order valence-corrected chi connectivity index (χ3v) is 10.9. The summed E-state index contributed by atoms with van der Waals surface area (Å²) < 4.78 is 343. The van der Waals surface area contributed by atoms with Gasteiger partial charge in [-0.05, 0) is 24.3 Å². The Labute approximate surface area is 397 Å². The van der Waals surface area contributed by atoms with E-state index in [1.165, 1.54) is 0 Å². The van der Waals surface area contributed by atoms with Gasteiger partial charge in [-0.3, -0.25) is 4.79 Å². The summed E-state index contributed by atoms with van der Waals surface area (Å²) >= 11 is 4.98. The molecule has 392 valence electrons. The van der Waals surface area contributed by atoms with Gasteiger partial charge in [-0.2, -0.15) is 132 Å². The molecular formula is C44H23BF24N2OS. The van der Waals surface area contributed by atoms with Gasteiger partial charge in [0.15, 0.2) is 10.8 Å². The minimum absolute atomic E-state index is 0.0752. The number of nitrogens with zero attached hydrogens (tertiary/aromatic N) is 1. The summed E-state index contributed by atoms with van der Waals surface area (Å²) in [7, 11) is 0. The first kappa shape index (κ1) is 57.4. The number of rotatable bonds is 7. The van der Waals surface area contributed by atoms with Crippen molar-refractivity contribution < 1.29 is 115 Å². The Kier molecular flexibility index (Phi) is 15.5. The second-order valence-corrected chi connectivity index (χ2v) is 16.1. The highest BCUT2D eigenvalue weighted by Gasteiger charge is 2.47. The maximum atomic E-state index is 14.2. The van der Waals surface area contributed by atoms with Gasteiger partial charge in [0.1, 0.15) is 6.15 Å². The lowest BCUT2D eigenvalue weighted by molar-refractivity contribution is -0.684. The first-order chi connectivity index (χ1) is 33.0. The molecule has 29 heteroatoms. The zero-order chi connectivity index (χ0) is 55.3. The van der Waals surface area contributed by atoms with Gasteiger partial charge in [-0.15, -0.1) is 0 Å². The van der Waals surface area contributed by atoms with Gasteiger partial charge in [-0.1, -0.05) is 91.1 Å². The second-order valence-electron chi connectivity index (χ2n) is 15.6. The first-order valence-electron chi connectivity index (χ1n) is 19.5. The lowest BCUT2D eigenvalue weighted by Gasteiger charge is -2.46. The third kappa shape index (κ3) is 13.6.